The monoisotopic (exact) mass is 351 g/mol. The highest BCUT2D eigenvalue weighted by Gasteiger charge is 2.14. The third kappa shape index (κ3) is 2.51. The fraction of sp³-hybridized carbons (Fsp3) is 0.143. The Hall–Kier alpha value is -1.59. The van der Waals surface area contributed by atoms with Crippen molar-refractivity contribution in [2.45, 2.75) is 13.0 Å². The minimum absolute atomic E-state index is 0.132. The lowest BCUT2D eigenvalue weighted by Crippen LogP contribution is -2.04. The summed E-state index contributed by atoms with van der Waals surface area (Å²) >= 11 is 9.61. The summed E-state index contributed by atoms with van der Waals surface area (Å²) in [7, 11) is 0. The number of hydrogen-bond donors (Lipinski definition) is 0. The minimum atomic E-state index is -0.132. The Morgan fingerprint density at radius 3 is 3.00 bits per heavy atom. The molecule has 3 rings (SSSR count). The fourth-order valence-electron chi connectivity index (χ4n) is 1.98. The lowest BCUT2D eigenvalue weighted by atomic mass is 10.2. The van der Waals surface area contributed by atoms with Crippen LogP contribution in [0.25, 0.3) is 5.52 Å². The molecule has 0 aliphatic carbocycles. The largest absolute Gasteiger partial charge is 0.484 e. The summed E-state index contributed by atoms with van der Waals surface area (Å²) in [5.41, 5.74) is 1.76. The lowest BCUT2D eigenvalue weighted by molar-refractivity contribution is 0.228. The maximum atomic E-state index is 6.17. The zero-order valence-corrected chi connectivity index (χ0v) is 13.0. The molecule has 0 radical (unpaired) electrons. The summed E-state index contributed by atoms with van der Waals surface area (Å²) in [6, 6.07) is 5.75. The summed E-state index contributed by atoms with van der Waals surface area (Å²) in [4.78, 5) is 4.10. The van der Waals surface area contributed by atoms with E-state index in [0.29, 0.717) is 10.8 Å². The molecule has 0 amide bonds. The van der Waals surface area contributed by atoms with Crippen molar-refractivity contribution in [1.29, 1.82) is 0 Å². The molecule has 3 aromatic rings. The van der Waals surface area contributed by atoms with Crippen LogP contribution in [0.3, 0.4) is 0 Å². The molecule has 0 spiro atoms. The summed E-state index contributed by atoms with van der Waals surface area (Å²) in [6.45, 7) is 1.97. The molecular weight excluding hydrogens is 342 g/mol. The second kappa shape index (κ2) is 5.42. The van der Waals surface area contributed by atoms with Gasteiger partial charge in [-0.2, -0.15) is 5.10 Å². The van der Waals surface area contributed by atoms with Gasteiger partial charge in [-0.15, -0.1) is 0 Å². The molecule has 0 fully saturated rings. The van der Waals surface area contributed by atoms with Crippen molar-refractivity contribution in [3.63, 3.8) is 0 Å². The van der Waals surface area contributed by atoms with Gasteiger partial charge in [-0.1, -0.05) is 17.7 Å². The first kappa shape index (κ1) is 13.4. The van der Waals surface area contributed by atoms with Crippen LogP contribution in [0.15, 0.2) is 47.5 Å². The summed E-state index contributed by atoms with van der Waals surface area (Å²) in [5, 5.41) is 4.74. The quantitative estimate of drug-likeness (QED) is 0.706. The van der Waals surface area contributed by atoms with Crippen LogP contribution in [0.2, 0.25) is 5.02 Å². The van der Waals surface area contributed by atoms with E-state index < -0.39 is 0 Å². The second-order valence-corrected chi connectivity index (χ2v) is 5.68. The highest BCUT2D eigenvalue weighted by Crippen LogP contribution is 2.32. The molecular formula is C14H11BrClN3O. The third-order valence-corrected chi connectivity index (χ3v) is 3.67. The van der Waals surface area contributed by atoms with Gasteiger partial charge < -0.3 is 4.74 Å². The number of ether oxygens (including phenoxy) is 1. The van der Waals surface area contributed by atoms with Crippen molar-refractivity contribution in [3.8, 4) is 5.75 Å². The van der Waals surface area contributed by atoms with E-state index >= 15 is 0 Å². The van der Waals surface area contributed by atoms with Gasteiger partial charge in [0.2, 0.25) is 0 Å². The van der Waals surface area contributed by atoms with E-state index in [1.54, 1.807) is 23.1 Å². The Balaban J connectivity index is 2.00. The summed E-state index contributed by atoms with van der Waals surface area (Å²) < 4.78 is 8.58. The van der Waals surface area contributed by atoms with E-state index in [9.17, 15) is 0 Å². The van der Waals surface area contributed by atoms with Crippen molar-refractivity contribution in [1.82, 2.24) is 14.6 Å². The van der Waals surface area contributed by atoms with Crippen molar-refractivity contribution in [2.24, 2.45) is 0 Å². The molecule has 0 bridgehead atoms. The molecule has 1 atom stereocenters. The normalized spacial score (nSPS) is 12.6. The Bertz CT molecular complexity index is 745. The molecule has 20 heavy (non-hydrogen) atoms. The average molecular weight is 353 g/mol. The van der Waals surface area contributed by atoms with Gasteiger partial charge in [0.1, 0.15) is 17.4 Å². The first-order valence-corrected chi connectivity index (χ1v) is 7.21. The molecule has 4 nitrogen and oxygen atoms in total. The maximum Gasteiger partial charge on any atom is 0.148 e. The molecule has 0 saturated carbocycles. The van der Waals surface area contributed by atoms with E-state index in [-0.39, 0.29) is 6.10 Å². The van der Waals surface area contributed by atoms with Crippen LogP contribution in [0.4, 0.5) is 0 Å². The number of rotatable bonds is 3. The molecule has 0 saturated heterocycles. The molecule has 3 heterocycles. The molecule has 0 unspecified atom stereocenters. The molecule has 0 N–H and O–H groups in total. The van der Waals surface area contributed by atoms with Crippen molar-refractivity contribution in [2.75, 3.05) is 0 Å². The zero-order valence-electron chi connectivity index (χ0n) is 10.6. The van der Waals surface area contributed by atoms with Crippen LogP contribution in [0.1, 0.15) is 18.6 Å². The van der Waals surface area contributed by atoms with Gasteiger partial charge in [-0.05, 0) is 35.0 Å². The van der Waals surface area contributed by atoms with Crippen molar-refractivity contribution < 1.29 is 4.74 Å². The van der Waals surface area contributed by atoms with Crippen LogP contribution in [0.5, 0.6) is 5.75 Å². The number of halogens is 2. The van der Waals surface area contributed by atoms with Gasteiger partial charge in [-0.25, -0.2) is 4.52 Å². The number of nitrogens with zero attached hydrogens (tertiary/aromatic N) is 3. The standard InChI is InChI=1S/C14H11BrClN3O/c1-9(10-3-2-4-17-6-10)20-13-5-11(15)8-19-14(13)12(16)7-18-19/h2-9H,1H3/t9-/m1/s1. The molecule has 0 aliphatic heterocycles. The third-order valence-electron chi connectivity index (χ3n) is 2.96. The van der Waals surface area contributed by atoms with Crippen molar-refractivity contribution in [3.05, 3.63) is 58.0 Å². The molecule has 0 aromatic carbocycles. The highest BCUT2D eigenvalue weighted by atomic mass is 79.9. The predicted octanol–water partition coefficient (Wildman–Crippen LogP) is 4.29. The lowest BCUT2D eigenvalue weighted by Gasteiger charge is -2.16. The smallest absolute Gasteiger partial charge is 0.148 e. The maximum absolute atomic E-state index is 6.17. The topological polar surface area (TPSA) is 39.4 Å². The predicted molar refractivity (Wildman–Crippen MR) is 81.2 cm³/mol. The second-order valence-electron chi connectivity index (χ2n) is 4.35. The van der Waals surface area contributed by atoms with E-state index in [1.807, 2.05) is 31.3 Å². The minimum Gasteiger partial charge on any atom is -0.484 e. The van der Waals surface area contributed by atoms with E-state index in [4.69, 9.17) is 16.3 Å². The highest BCUT2D eigenvalue weighted by molar-refractivity contribution is 9.10. The molecule has 102 valence electrons. The molecule has 3 aromatic heterocycles. The molecule has 6 heteroatoms. The van der Waals surface area contributed by atoms with Gasteiger partial charge in [0.05, 0.1) is 11.2 Å². The number of fused-ring (bicyclic) bond motifs is 1. The first-order chi connectivity index (χ1) is 9.65. The van der Waals surface area contributed by atoms with Crippen LogP contribution in [-0.2, 0) is 0 Å². The first-order valence-electron chi connectivity index (χ1n) is 6.04. The Morgan fingerprint density at radius 1 is 1.40 bits per heavy atom. The number of hydrogen-bond acceptors (Lipinski definition) is 3. The van der Waals surface area contributed by atoms with E-state index in [1.165, 1.54) is 0 Å². The Labute approximate surface area is 129 Å². The van der Waals surface area contributed by atoms with Crippen LogP contribution in [-0.4, -0.2) is 14.6 Å². The molecule has 0 aliphatic rings. The van der Waals surface area contributed by atoms with Gasteiger partial charge >= 0.3 is 0 Å². The summed E-state index contributed by atoms with van der Waals surface area (Å²) in [6.07, 6.45) is 6.83. The van der Waals surface area contributed by atoms with E-state index in [0.717, 1.165) is 15.6 Å². The van der Waals surface area contributed by atoms with Crippen LogP contribution < -0.4 is 4.74 Å². The van der Waals surface area contributed by atoms with Crippen molar-refractivity contribution >= 4 is 33.0 Å². The Morgan fingerprint density at radius 2 is 2.25 bits per heavy atom. The fourth-order valence-corrected chi connectivity index (χ4v) is 2.61. The zero-order chi connectivity index (χ0) is 14.1. The number of pyridine rings is 2. The van der Waals surface area contributed by atoms with E-state index in [2.05, 4.69) is 26.0 Å². The van der Waals surface area contributed by atoms with Gasteiger partial charge in [0.15, 0.2) is 0 Å². The number of aromatic nitrogens is 3. The SMILES string of the molecule is C[C@@H](Oc1cc(Br)cn2ncc(Cl)c12)c1cccnc1. The average Bonchev–Trinajstić information content (AvgIpc) is 2.81. The van der Waals surface area contributed by atoms with Gasteiger partial charge in [0.25, 0.3) is 0 Å². The van der Waals surface area contributed by atoms with Gasteiger partial charge in [0, 0.05) is 28.6 Å². The summed E-state index contributed by atoms with van der Waals surface area (Å²) in [5.74, 6) is 0.679. The Kier molecular flexibility index (Phi) is 3.63. The van der Waals surface area contributed by atoms with Crippen LogP contribution >= 0.6 is 27.5 Å². The van der Waals surface area contributed by atoms with Crippen LogP contribution in [0, 0.1) is 0 Å². The van der Waals surface area contributed by atoms with Gasteiger partial charge in [-0.3, -0.25) is 4.98 Å².